The molecule has 0 radical (unpaired) electrons. The summed E-state index contributed by atoms with van der Waals surface area (Å²) in [6.45, 7) is 2.43. The summed E-state index contributed by atoms with van der Waals surface area (Å²) in [7, 11) is 0. The zero-order valence-corrected chi connectivity index (χ0v) is 9.84. The van der Waals surface area contributed by atoms with Gasteiger partial charge in [-0.15, -0.1) is 0 Å². The summed E-state index contributed by atoms with van der Waals surface area (Å²) in [5, 5.41) is 0. The Morgan fingerprint density at radius 2 is 2.06 bits per heavy atom. The molecule has 17 heavy (non-hydrogen) atoms. The highest BCUT2D eigenvalue weighted by molar-refractivity contribution is 5.69. The molecule has 1 rings (SSSR count). The van der Waals surface area contributed by atoms with Crippen LogP contribution < -0.4 is 0 Å². The second-order valence-electron chi connectivity index (χ2n) is 3.82. The van der Waals surface area contributed by atoms with Crippen molar-refractivity contribution in [2.24, 2.45) is 0 Å². The molecule has 0 aliphatic carbocycles. The van der Waals surface area contributed by atoms with E-state index in [0.29, 0.717) is 18.6 Å². The molecule has 1 aromatic rings. The van der Waals surface area contributed by atoms with Crippen molar-refractivity contribution in [1.82, 2.24) is 0 Å². The van der Waals surface area contributed by atoms with Crippen LogP contribution in [0, 0.1) is 11.6 Å². The van der Waals surface area contributed by atoms with Crippen molar-refractivity contribution in [2.45, 2.75) is 32.6 Å². The molecule has 1 aromatic carbocycles. The maximum atomic E-state index is 12.9. The van der Waals surface area contributed by atoms with Crippen LogP contribution in [0.1, 0.15) is 31.7 Å². The zero-order chi connectivity index (χ0) is 12.7. The van der Waals surface area contributed by atoms with Gasteiger partial charge in [0.2, 0.25) is 0 Å². The summed E-state index contributed by atoms with van der Waals surface area (Å²) in [6, 6.07) is 3.64. The van der Waals surface area contributed by atoms with Gasteiger partial charge in [0.25, 0.3) is 0 Å². The van der Waals surface area contributed by atoms with E-state index >= 15 is 0 Å². The van der Waals surface area contributed by atoms with Gasteiger partial charge in [-0.25, -0.2) is 8.78 Å². The van der Waals surface area contributed by atoms with E-state index < -0.39 is 11.6 Å². The van der Waals surface area contributed by atoms with E-state index in [1.54, 1.807) is 0 Å². The monoisotopic (exact) mass is 242 g/mol. The number of benzene rings is 1. The molecule has 0 amide bonds. The molecule has 0 bridgehead atoms. The smallest absolute Gasteiger partial charge is 0.306 e. The first kappa shape index (κ1) is 13.6. The highest BCUT2D eigenvalue weighted by atomic mass is 19.2. The van der Waals surface area contributed by atoms with Crippen molar-refractivity contribution in [3.8, 4) is 0 Å². The number of esters is 1. The normalized spacial score (nSPS) is 10.3. The van der Waals surface area contributed by atoms with E-state index in [0.717, 1.165) is 25.0 Å². The largest absolute Gasteiger partial charge is 0.466 e. The second kappa shape index (κ2) is 6.99. The summed E-state index contributed by atoms with van der Waals surface area (Å²) < 4.78 is 30.4. The van der Waals surface area contributed by atoms with Gasteiger partial charge in [0, 0.05) is 6.42 Å². The highest BCUT2D eigenvalue weighted by Gasteiger charge is 2.06. The zero-order valence-electron chi connectivity index (χ0n) is 9.84. The van der Waals surface area contributed by atoms with Crippen molar-refractivity contribution in [3.63, 3.8) is 0 Å². The van der Waals surface area contributed by atoms with E-state index in [1.165, 1.54) is 6.07 Å². The molecule has 0 atom stereocenters. The number of carbonyl (C=O) groups excluding carboxylic acids is 1. The average molecular weight is 242 g/mol. The molecule has 2 nitrogen and oxygen atoms in total. The summed E-state index contributed by atoms with van der Waals surface area (Å²) in [6.07, 6.45) is 2.37. The first-order chi connectivity index (χ1) is 8.13. The molecule has 0 saturated carbocycles. The fourth-order valence-electron chi connectivity index (χ4n) is 1.34. The van der Waals surface area contributed by atoms with Crippen LogP contribution >= 0.6 is 0 Å². The van der Waals surface area contributed by atoms with Gasteiger partial charge in [0.05, 0.1) is 6.61 Å². The summed E-state index contributed by atoms with van der Waals surface area (Å²) in [5.74, 6) is -2.07. The van der Waals surface area contributed by atoms with Gasteiger partial charge in [0.1, 0.15) is 0 Å². The molecule has 0 heterocycles. The molecule has 0 saturated heterocycles. The van der Waals surface area contributed by atoms with Crippen LogP contribution in [-0.2, 0) is 16.0 Å². The lowest BCUT2D eigenvalue weighted by Crippen LogP contribution is -2.07. The van der Waals surface area contributed by atoms with Crippen molar-refractivity contribution >= 4 is 5.97 Å². The predicted octanol–water partition coefficient (Wildman–Crippen LogP) is 3.24. The number of ether oxygens (including phenoxy) is 1. The fraction of sp³-hybridized carbons (Fsp3) is 0.462. The maximum absolute atomic E-state index is 12.9. The Morgan fingerprint density at radius 3 is 2.71 bits per heavy atom. The number of aryl methyl sites for hydroxylation is 1. The molecule has 0 aliphatic heterocycles. The number of unbranched alkanes of at least 4 members (excludes halogenated alkanes) is 1. The number of carbonyl (C=O) groups is 1. The van der Waals surface area contributed by atoms with Crippen molar-refractivity contribution in [3.05, 3.63) is 35.4 Å². The van der Waals surface area contributed by atoms with E-state index in [1.807, 2.05) is 6.92 Å². The molecule has 0 unspecified atom stereocenters. The SMILES string of the molecule is CCCCOC(=O)CCc1ccc(F)c(F)c1. The van der Waals surface area contributed by atoms with Gasteiger partial charge in [0.15, 0.2) is 11.6 Å². The van der Waals surface area contributed by atoms with E-state index in [4.69, 9.17) is 4.74 Å². The quantitative estimate of drug-likeness (QED) is 0.565. The fourth-order valence-corrected chi connectivity index (χ4v) is 1.34. The van der Waals surface area contributed by atoms with Gasteiger partial charge in [-0.1, -0.05) is 19.4 Å². The maximum Gasteiger partial charge on any atom is 0.306 e. The predicted molar refractivity (Wildman–Crippen MR) is 60.5 cm³/mol. The minimum Gasteiger partial charge on any atom is -0.466 e. The molecule has 94 valence electrons. The standard InChI is InChI=1S/C13H16F2O2/c1-2-3-8-17-13(16)7-5-10-4-6-11(14)12(15)9-10/h4,6,9H,2-3,5,7-8H2,1H3. The molecule has 0 aliphatic rings. The third-order valence-corrected chi connectivity index (χ3v) is 2.36. The van der Waals surface area contributed by atoms with Crippen LogP contribution in [0.2, 0.25) is 0 Å². The molecule has 4 heteroatoms. The van der Waals surface area contributed by atoms with E-state index in [2.05, 4.69) is 0 Å². The van der Waals surface area contributed by atoms with Gasteiger partial charge >= 0.3 is 5.97 Å². The van der Waals surface area contributed by atoms with Crippen LogP contribution in [0.3, 0.4) is 0 Å². The number of hydrogen-bond acceptors (Lipinski definition) is 2. The van der Waals surface area contributed by atoms with Gasteiger partial charge < -0.3 is 4.74 Å². The van der Waals surface area contributed by atoms with Gasteiger partial charge in [-0.2, -0.15) is 0 Å². The Kier molecular flexibility index (Phi) is 5.60. The molecular weight excluding hydrogens is 226 g/mol. The minimum atomic E-state index is -0.887. The van der Waals surface area contributed by atoms with Crippen molar-refractivity contribution < 1.29 is 18.3 Å². The molecular formula is C13H16F2O2. The van der Waals surface area contributed by atoms with Crippen LogP contribution in [0.15, 0.2) is 18.2 Å². The van der Waals surface area contributed by atoms with Crippen LogP contribution in [0.5, 0.6) is 0 Å². The second-order valence-corrected chi connectivity index (χ2v) is 3.82. The Balaban J connectivity index is 2.34. The summed E-state index contributed by atoms with van der Waals surface area (Å²) in [4.78, 5) is 11.3. The highest BCUT2D eigenvalue weighted by Crippen LogP contribution is 2.10. The Hall–Kier alpha value is -1.45. The lowest BCUT2D eigenvalue weighted by atomic mass is 10.1. The Morgan fingerprint density at radius 1 is 1.29 bits per heavy atom. The van der Waals surface area contributed by atoms with Crippen LogP contribution in [-0.4, -0.2) is 12.6 Å². The minimum absolute atomic E-state index is 0.189. The third kappa shape index (κ3) is 4.93. The van der Waals surface area contributed by atoms with Crippen molar-refractivity contribution in [1.29, 1.82) is 0 Å². The van der Waals surface area contributed by atoms with Crippen LogP contribution in [0.25, 0.3) is 0 Å². The van der Waals surface area contributed by atoms with E-state index in [9.17, 15) is 13.6 Å². The Bertz CT molecular complexity index is 378. The van der Waals surface area contributed by atoms with Gasteiger partial charge in [-0.05, 0) is 30.5 Å². The number of hydrogen-bond donors (Lipinski definition) is 0. The molecule has 0 N–H and O–H groups in total. The van der Waals surface area contributed by atoms with E-state index in [-0.39, 0.29) is 12.4 Å². The molecule has 0 aromatic heterocycles. The topological polar surface area (TPSA) is 26.3 Å². The lowest BCUT2D eigenvalue weighted by molar-refractivity contribution is -0.143. The Labute approximate surface area is 99.6 Å². The number of rotatable bonds is 6. The molecule has 0 fully saturated rings. The van der Waals surface area contributed by atoms with Crippen molar-refractivity contribution in [2.75, 3.05) is 6.61 Å². The first-order valence-corrected chi connectivity index (χ1v) is 5.73. The van der Waals surface area contributed by atoms with Gasteiger partial charge in [-0.3, -0.25) is 4.79 Å². The third-order valence-electron chi connectivity index (χ3n) is 2.36. The summed E-state index contributed by atoms with van der Waals surface area (Å²) >= 11 is 0. The molecule has 0 spiro atoms. The first-order valence-electron chi connectivity index (χ1n) is 5.73. The summed E-state index contributed by atoms with van der Waals surface area (Å²) in [5.41, 5.74) is 0.594. The number of halogens is 2. The van der Waals surface area contributed by atoms with Crippen LogP contribution in [0.4, 0.5) is 8.78 Å². The lowest BCUT2D eigenvalue weighted by Gasteiger charge is -2.04. The average Bonchev–Trinajstić information content (AvgIpc) is 2.31.